The number of rotatable bonds is 4. The highest BCUT2D eigenvalue weighted by Crippen LogP contribution is 2.27. The molecule has 2 aromatic carbocycles. The predicted octanol–water partition coefficient (Wildman–Crippen LogP) is 3.96. The summed E-state index contributed by atoms with van der Waals surface area (Å²) >= 11 is 0. The molecule has 0 saturated carbocycles. The lowest BCUT2D eigenvalue weighted by Crippen LogP contribution is -2.43. The van der Waals surface area contributed by atoms with Gasteiger partial charge in [0, 0.05) is 43.4 Å². The molecular formula is C23H22FN3O2. The number of aromatic nitrogens is 2. The van der Waals surface area contributed by atoms with Gasteiger partial charge in [-0.25, -0.2) is 4.39 Å². The number of carbonyl (C=O) groups is 2. The summed E-state index contributed by atoms with van der Waals surface area (Å²) in [5, 5.41) is 4.04. The number of likely N-dealkylation sites (tertiary alicyclic amines) is 1. The Morgan fingerprint density at radius 2 is 1.90 bits per heavy atom. The van der Waals surface area contributed by atoms with Crippen molar-refractivity contribution < 1.29 is 14.0 Å². The van der Waals surface area contributed by atoms with Crippen LogP contribution in [0.1, 0.15) is 33.7 Å². The Labute approximate surface area is 168 Å². The lowest BCUT2D eigenvalue weighted by Gasteiger charge is -2.32. The van der Waals surface area contributed by atoms with Crippen LogP contribution < -0.4 is 0 Å². The SMILES string of the molecule is Cn1nccc1C(=O)N1CCC[C@@H](C(=O)c2ccc(-c3ccccc3)c(F)c2)C1. The van der Waals surface area contributed by atoms with Crippen LogP contribution in [0.5, 0.6) is 0 Å². The van der Waals surface area contributed by atoms with E-state index in [-0.39, 0.29) is 17.6 Å². The second-order valence-electron chi connectivity index (χ2n) is 7.36. The average Bonchev–Trinajstić information content (AvgIpc) is 3.19. The van der Waals surface area contributed by atoms with Crippen LogP contribution in [0.2, 0.25) is 0 Å². The number of ketones is 1. The predicted molar refractivity (Wildman–Crippen MR) is 108 cm³/mol. The Hall–Kier alpha value is -3.28. The zero-order chi connectivity index (χ0) is 20.4. The minimum atomic E-state index is -0.416. The van der Waals surface area contributed by atoms with E-state index in [2.05, 4.69) is 5.10 Å². The number of carbonyl (C=O) groups excluding carboxylic acids is 2. The summed E-state index contributed by atoms with van der Waals surface area (Å²) in [4.78, 5) is 27.4. The zero-order valence-electron chi connectivity index (χ0n) is 16.2. The third-order valence-electron chi connectivity index (χ3n) is 5.46. The molecule has 5 nitrogen and oxygen atoms in total. The maximum absolute atomic E-state index is 14.7. The van der Waals surface area contributed by atoms with Gasteiger partial charge in [0.1, 0.15) is 11.5 Å². The lowest BCUT2D eigenvalue weighted by molar-refractivity contribution is 0.0628. The molecule has 1 saturated heterocycles. The van der Waals surface area contributed by atoms with Crippen molar-refractivity contribution in [3.05, 3.63) is 77.9 Å². The maximum Gasteiger partial charge on any atom is 0.272 e. The van der Waals surface area contributed by atoms with Crippen molar-refractivity contribution in [2.24, 2.45) is 13.0 Å². The van der Waals surface area contributed by atoms with Crippen LogP contribution in [0, 0.1) is 11.7 Å². The molecule has 6 heteroatoms. The number of benzene rings is 2. The fraction of sp³-hybridized carbons (Fsp3) is 0.261. The van der Waals surface area contributed by atoms with Gasteiger partial charge in [0.2, 0.25) is 0 Å². The number of piperidine rings is 1. The number of hydrogen-bond acceptors (Lipinski definition) is 3. The third kappa shape index (κ3) is 3.83. The maximum atomic E-state index is 14.7. The molecule has 1 aliphatic heterocycles. The van der Waals surface area contributed by atoms with E-state index in [1.807, 2.05) is 30.3 Å². The molecule has 4 rings (SSSR count). The molecule has 0 radical (unpaired) electrons. The van der Waals surface area contributed by atoms with E-state index in [0.717, 1.165) is 12.0 Å². The molecule has 0 spiro atoms. The number of amides is 1. The number of Topliss-reactive ketones (excluding diaryl/α,β-unsaturated/α-hetero) is 1. The Bertz CT molecular complexity index is 1050. The van der Waals surface area contributed by atoms with Crippen LogP contribution in [0.15, 0.2) is 60.8 Å². The van der Waals surface area contributed by atoms with Crippen LogP contribution in [0.3, 0.4) is 0 Å². The highest BCUT2D eigenvalue weighted by Gasteiger charge is 2.30. The van der Waals surface area contributed by atoms with Gasteiger partial charge in [0.15, 0.2) is 5.78 Å². The first-order valence-corrected chi connectivity index (χ1v) is 9.71. The van der Waals surface area contributed by atoms with Crippen molar-refractivity contribution in [2.45, 2.75) is 12.8 Å². The van der Waals surface area contributed by atoms with Crippen molar-refractivity contribution >= 4 is 11.7 Å². The molecule has 0 bridgehead atoms. The van der Waals surface area contributed by atoms with Crippen LogP contribution >= 0.6 is 0 Å². The summed E-state index contributed by atoms with van der Waals surface area (Å²) in [6.45, 7) is 0.944. The van der Waals surface area contributed by atoms with Crippen LogP contribution in [0.4, 0.5) is 4.39 Å². The highest BCUT2D eigenvalue weighted by atomic mass is 19.1. The van der Waals surface area contributed by atoms with E-state index in [1.165, 1.54) is 10.7 Å². The Kier molecular flexibility index (Phi) is 5.25. The zero-order valence-corrected chi connectivity index (χ0v) is 16.2. The van der Waals surface area contributed by atoms with E-state index in [4.69, 9.17) is 0 Å². The minimum absolute atomic E-state index is 0.119. The van der Waals surface area contributed by atoms with Crippen molar-refractivity contribution in [3.8, 4) is 11.1 Å². The first kappa shape index (κ1) is 19.1. The number of halogens is 1. The van der Waals surface area contributed by atoms with Crippen LogP contribution in [-0.4, -0.2) is 39.5 Å². The number of nitrogens with zero attached hydrogens (tertiary/aromatic N) is 3. The van der Waals surface area contributed by atoms with Crippen LogP contribution in [-0.2, 0) is 7.05 Å². The smallest absolute Gasteiger partial charge is 0.272 e. The first-order chi connectivity index (χ1) is 14.0. The standard InChI is InChI=1S/C23H22FN3O2/c1-26-21(11-12-25-26)23(29)27-13-5-8-18(15-27)22(28)17-9-10-19(20(24)14-17)16-6-3-2-4-7-16/h2-4,6-7,9-12,14,18H,5,8,13,15H2,1H3/t18-/m1/s1. The van der Waals surface area contributed by atoms with Gasteiger partial charge in [-0.3, -0.25) is 14.3 Å². The first-order valence-electron chi connectivity index (χ1n) is 9.71. The van der Waals surface area contributed by atoms with E-state index >= 15 is 0 Å². The second kappa shape index (κ2) is 7.99. The summed E-state index contributed by atoms with van der Waals surface area (Å²) in [7, 11) is 1.72. The number of hydrogen-bond donors (Lipinski definition) is 0. The summed E-state index contributed by atoms with van der Waals surface area (Å²) < 4.78 is 16.2. The normalized spacial score (nSPS) is 16.6. The topological polar surface area (TPSA) is 55.2 Å². The van der Waals surface area contributed by atoms with Gasteiger partial charge in [-0.2, -0.15) is 5.10 Å². The molecule has 148 valence electrons. The molecule has 1 fully saturated rings. The molecule has 1 aromatic heterocycles. The van der Waals surface area contributed by atoms with Gasteiger partial charge >= 0.3 is 0 Å². The quantitative estimate of drug-likeness (QED) is 0.633. The molecule has 0 N–H and O–H groups in total. The average molecular weight is 391 g/mol. The third-order valence-corrected chi connectivity index (χ3v) is 5.46. The van der Waals surface area contributed by atoms with Crippen molar-refractivity contribution in [3.63, 3.8) is 0 Å². The molecule has 29 heavy (non-hydrogen) atoms. The molecule has 1 aliphatic rings. The van der Waals surface area contributed by atoms with Gasteiger partial charge < -0.3 is 4.90 Å². The largest absolute Gasteiger partial charge is 0.337 e. The summed E-state index contributed by atoms with van der Waals surface area (Å²) in [6, 6.07) is 15.6. The Morgan fingerprint density at radius 1 is 1.10 bits per heavy atom. The Morgan fingerprint density at radius 3 is 2.59 bits per heavy atom. The van der Waals surface area contributed by atoms with Crippen molar-refractivity contribution in [2.75, 3.05) is 13.1 Å². The molecule has 0 unspecified atom stereocenters. The van der Waals surface area contributed by atoms with E-state index in [1.54, 1.807) is 36.3 Å². The fourth-order valence-electron chi connectivity index (χ4n) is 3.88. The van der Waals surface area contributed by atoms with E-state index in [9.17, 15) is 14.0 Å². The van der Waals surface area contributed by atoms with E-state index < -0.39 is 5.82 Å². The fourth-order valence-corrected chi connectivity index (χ4v) is 3.88. The van der Waals surface area contributed by atoms with Gasteiger partial charge in [-0.15, -0.1) is 0 Å². The number of aryl methyl sites for hydroxylation is 1. The molecule has 3 aromatic rings. The van der Waals surface area contributed by atoms with Crippen LogP contribution in [0.25, 0.3) is 11.1 Å². The summed E-state index contributed by atoms with van der Waals surface area (Å²) in [5.41, 5.74) is 2.09. The molecular weight excluding hydrogens is 369 g/mol. The van der Waals surface area contributed by atoms with Gasteiger partial charge in [-0.1, -0.05) is 42.5 Å². The monoisotopic (exact) mass is 391 g/mol. The highest BCUT2D eigenvalue weighted by molar-refractivity contribution is 5.99. The van der Waals surface area contributed by atoms with Crippen molar-refractivity contribution in [1.29, 1.82) is 0 Å². The van der Waals surface area contributed by atoms with Gasteiger partial charge in [0.05, 0.1) is 0 Å². The summed E-state index contributed by atoms with van der Waals surface area (Å²) in [5.74, 6) is -0.997. The molecule has 1 amide bonds. The Balaban J connectivity index is 1.51. The molecule has 2 heterocycles. The summed E-state index contributed by atoms with van der Waals surface area (Å²) in [6.07, 6.45) is 3.01. The molecule has 1 atom stereocenters. The minimum Gasteiger partial charge on any atom is -0.337 e. The lowest BCUT2D eigenvalue weighted by atomic mass is 9.89. The molecule has 0 aliphatic carbocycles. The van der Waals surface area contributed by atoms with Crippen molar-refractivity contribution in [1.82, 2.24) is 14.7 Å². The van der Waals surface area contributed by atoms with Gasteiger partial charge in [0.25, 0.3) is 5.91 Å². The second-order valence-corrected chi connectivity index (χ2v) is 7.36. The van der Waals surface area contributed by atoms with E-state index in [0.29, 0.717) is 36.3 Å². The van der Waals surface area contributed by atoms with Gasteiger partial charge in [-0.05, 0) is 30.5 Å².